The van der Waals surface area contributed by atoms with Crippen molar-refractivity contribution < 1.29 is 29.3 Å². The van der Waals surface area contributed by atoms with Gasteiger partial charge in [-0.15, -0.1) is 11.3 Å². The summed E-state index contributed by atoms with van der Waals surface area (Å²) in [5.41, 5.74) is 1.38. The molecule has 34 heavy (non-hydrogen) atoms. The maximum Gasteiger partial charge on any atom is 0.349 e. The fourth-order valence-corrected chi connectivity index (χ4v) is 5.64. The summed E-state index contributed by atoms with van der Waals surface area (Å²) in [5.74, 6) is -1.90. The van der Waals surface area contributed by atoms with Gasteiger partial charge in [-0.3, -0.25) is 4.79 Å². The van der Waals surface area contributed by atoms with Crippen molar-refractivity contribution in [3.05, 3.63) is 34.2 Å². The Kier molecular flexibility index (Phi) is 8.97. The van der Waals surface area contributed by atoms with Crippen molar-refractivity contribution in [2.75, 3.05) is 18.1 Å². The van der Waals surface area contributed by atoms with E-state index >= 15 is 0 Å². The smallest absolute Gasteiger partial charge is 0.349 e. The normalized spacial score (nSPS) is 14.2. The number of thiophene rings is 1. The van der Waals surface area contributed by atoms with E-state index in [4.69, 9.17) is 21.4 Å². The molecule has 0 aliphatic heterocycles. The molecule has 9 heteroatoms. The highest BCUT2D eigenvalue weighted by Crippen LogP contribution is 2.46. The number of benzene rings is 1. The second-order valence-electron chi connectivity index (χ2n) is 9.05. The van der Waals surface area contributed by atoms with Crippen molar-refractivity contribution in [2.45, 2.75) is 52.4 Å². The van der Waals surface area contributed by atoms with Gasteiger partial charge in [-0.25, -0.2) is 9.59 Å². The molecule has 1 amide bonds. The highest BCUT2D eigenvalue weighted by atomic mass is 35.5. The van der Waals surface area contributed by atoms with Gasteiger partial charge in [0.05, 0.1) is 4.88 Å². The molecular formula is C25H30ClNO6S. The second kappa shape index (κ2) is 11.7. The first-order valence-electron chi connectivity index (χ1n) is 11.5. The van der Waals surface area contributed by atoms with Crippen LogP contribution in [0.15, 0.2) is 24.3 Å². The van der Waals surface area contributed by atoms with Crippen LogP contribution in [0, 0.1) is 11.8 Å². The number of halogens is 1. The molecule has 1 aromatic carbocycles. The van der Waals surface area contributed by atoms with Crippen LogP contribution in [0.1, 0.15) is 62.0 Å². The lowest BCUT2D eigenvalue weighted by Gasteiger charge is -2.30. The average Bonchev–Trinajstić information content (AvgIpc) is 3.12. The number of rotatable bonds is 10. The van der Waals surface area contributed by atoms with Crippen molar-refractivity contribution in [1.82, 2.24) is 0 Å². The van der Waals surface area contributed by atoms with E-state index in [1.807, 2.05) is 36.9 Å². The molecule has 0 bridgehead atoms. The van der Waals surface area contributed by atoms with E-state index in [9.17, 15) is 19.5 Å². The van der Waals surface area contributed by atoms with E-state index in [1.165, 1.54) is 19.3 Å². The molecule has 7 nitrogen and oxygen atoms in total. The first kappa shape index (κ1) is 26.0. The quantitative estimate of drug-likeness (QED) is 0.397. The number of hydrogen-bond acceptors (Lipinski definition) is 5. The average molecular weight is 508 g/mol. The zero-order valence-electron chi connectivity index (χ0n) is 19.4. The number of hydrogen-bond donors (Lipinski definition) is 2. The number of ether oxygens (including phenoxy) is 1. The predicted molar refractivity (Wildman–Crippen MR) is 133 cm³/mol. The highest BCUT2D eigenvalue weighted by Gasteiger charge is 2.26. The van der Waals surface area contributed by atoms with Gasteiger partial charge in [-0.05, 0) is 42.4 Å². The van der Waals surface area contributed by atoms with Crippen LogP contribution in [0.4, 0.5) is 5.69 Å². The minimum Gasteiger partial charge on any atom is -0.479 e. The number of amides is 1. The SMILES string of the molecule is CC(C)CC(=O)N(CC1CCCCC1)c1cccc(-c2sc(C(=O)O)c(OCC(=O)O)c2Cl)c1. The van der Waals surface area contributed by atoms with E-state index in [0.717, 1.165) is 29.9 Å². The molecule has 0 radical (unpaired) electrons. The van der Waals surface area contributed by atoms with Crippen LogP contribution in [0.25, 0.3) is 10.4 Å². The Hall–Kier alpha value is -2.58. The molecule has 1 aliphatic rings. The van der Waals surface area contributed by atoms with Crippen molar-refractivity contribution in [3.8, 4) is 16.2 Å². The lowest BCUT2D eigenvalue weighted by molar-refractivity contribution is -0.139. The predicted octanol–water partition coefficient (Wildman–Crippen LogP) is 6.19. The van der Waals surface area contributed by atoms with Crippen molar-refractivity contribution in [3.63, 3.8) is 0 Å². The number of anilines is 1. The van der Waals surface area contributed by atoms with Crippen LogP contribution in [0.5, 0.6) is 5.75 Å². The molecule has 0 unspecified atom stereocenters. The van der Waals surface area contributed by atoms with Gasteiger partial charge in [0.2, 0.25) is 5.91 Å². The Balaban J connectivity index is 1.97. The van der Waals surface area contributed by atoms with Crippen molar-refractivity contribution >= 4 is 46.5 Å². The number of aliphatic carboxylic acids is 1. The summed E-state index contributed by atoms with van der Waals surface area (Å²) in [7, 11) is 0. The third-order valence-electron chi connectivity index (χ3n) is 5.81. The molecule has 3 rings (SSSR count). The monoisotopic (exact) mass is 507 g/mol. The Morgan fingerprint density at radius 2 is 1.88 bits per heavy atom. The van der Waals surface area contributed by atoms with Gasteiger partial charge in [0, 0.05) is 18.7 Å². The van der Waals surface area contributed by atoms with Crippen LogP contribution < -0.4 is 9.64 Å². The Morgan fingerprint density at radius 1 is 1.18 bits per heavy atom. The molecule has 1 aromatic heterocycles. The number of nitrogens with zero attached hydrogens (tertiary/aromatic N) is 1. The summed E-state index contributed by atoms with van der Waals surface area (Å²) in [6, 6.07) is 7.33. The van der Waals surface area contributed by atoms with Crippen molar-refractivity contribution in [1.29, 1.82) is 0 Å². The largest absolute Gasteiger partial charge is 0.479 e. The van der Waals surface area contributed by atoms with E-state index in [0.29, 0.717) is 29.3 Å². The summed E-state index contributed by atoms with van der Waals surface area (Å²) in [5, 5.41) is 18.5. The maximum atomic E-state index is 13.2. The van der Waals surface area contributed by atoms with Gasteiger partial charge in [0.1, 0.15) is 5.02 Å². The lowest BCUT2D eigenvalue weighted by atomic mass is 9.88. The van der Waals surface area contributed by atoms with Crippen molar-refractivity contribution in [2.24, 2.45) is 11.8 Å². The number of carboxylic acid groups (broad SMARTS) is 2. The number of carboxylic acids is 2. The first-order valence-corrected chi connectivity index (χ1v) is 12.7. The maximum absolute atomic E-state index is 13.2. The van der Waals surface area contributed by atoms with Gasteiger partial charge in [0.25, 0.3) is 0 Å². The molecule has 0 atom stereocenters. The topological polar surface area (TPSA) is 104 Å². The zero-order valence-corrected chi connectivity index (χ0v) is 21.0. The van der Waals surface area contributed by atoms with Crippen LogP contribution in [-0.2, 0) is 9.59 Å². The minimum absolute atomic E-state index is 0.0492. The fourth-order valence-electron chi connectivity index (χ4n) is 4.24. The van der Waals surface area contributed by atoms with E-state index in [-0.39, 0.29) is 27.5 Å². The molecule has 1 fully saturated rings. The zero-order chi connectivity index (χ0) is 24.8. The lowest BCUT2D eigenvalue weighted by Crippen LogP contribution is -2.36. The molecular weight excluding hydrogens is 478 g/mol. The standard InChI is InChI=1S/C25H30ClNO6S/c1-15(2)11-19(28)27(13-16-7-4-3-5-8-16)18-10-6-9-17(12-18)23-21(26)22(33-14-20(29)30)24(34-23)25(31)32/h6,9-10,12,15-16H,3-5,7-8,11,13-14H2,1-2H3,(H,29,30)(H,31,32). The molecule has 1 heterocycles. The summed E-state index contributed by atoms with van der Waals surface area (Å²) in [4.78, 5) is 38.0. The minimum atomic E-state index is -1.25. The Labute approximate surface area is 208 Å². The fraction of sp³-hybridized carbons (Fsp3) is 0.480. The molecule has 1 saturated carbocycles. The second-order valence-corrected chi connectivity index (χ2v) is 10.4. The Morgan fingerprint density at radius 3 is 2.50 bits per heavy atom. The highest BCUT2D eigenvalue weighted by molar-refractivity contribution is 7.18. The van der Waals surface area contributed by atoms with Crippen LogP contribution in [-0.4, -0.2) is 41.2 Å². The summed E-state index contributed by atoms with van der Waals surface area (Å²) >= 11 is 7.38. The third-order valence-corrected chi connectivity index (χ3v) is 7.49. The third kappa shape index (κ3) is 6.51. The number of carbonyl (C=O) groups is 3. The summed E-state index contributed by atoms with van der Waals surface area (Å²) in [6.45, 7) is 3.99. The van der Waals surface area contributed by atoms with E-state index in [1.54, 1.807) is 6.07 Å². The van der Waals surface area contributed by atoms with E-state index < -0.39 is 18.5 Å². The van der Waals surface area contributed by atoms with Gasteiger partial charge >= 0.3 is 11.9 Å². The molecule has 2 aromatic rings. The molecule has 0 saturated heterocycles. The Bertz CT molecular complexity index is 1040. The number of carbonyl (C=O) groups excluding carboxylic acids is 1. The van der Waals surface area contributed by atoms with Gasteiger partial charge < -0.3 is 19.8 Å². The molecule has 0 spiro atoms. The van der Waals surface area contributed by atoms with Gasteiger partial charge in [-0.2, -0.15) is 0 Å². The van der Waals surface area contributed by atoms with Gasteiger partial charge in [-0.1, -0.05) is 56.8 Å². The van der Waals surface area contributed by atoms with Crippen LogP contribution in [0.3, 0.4) is 0 Å². The van der Waals surface area contributed by atoms with Crippen LogP contribution >= 0.6 is 22.9 Å². The summed E-state index contributed by atoms with van der Waals surface area (Å²) in [6.07, 6.45) is 6.24. The molecule has 2 N–H and O–H groups in total. The first-order chi connectivity index (χ1) is 16.2. The molecule has 184 valence electrons. The van der Waals surface area contributed by atoms with Gasteiger partial charge in [0.15, 0.2) is 17.2 Å². The van der Waals surface area contributed by atoms with Crippen LogP contribution in [0.2, 0.25) is 5.02 Å². The number of aromatic carboxylic acids is 1. The van der Waals surface area contributed by atoms with E-state index in [2.05, 4.69) is 0 Å². The molecule has 1 aliphatic carbocycles. The summed E-state index contributed by atoms with van der Waals surface area (Å²) < 4.78 is 5.19.